The van der Waals surface area contributed by atoms with Crippen molar-refractivity contribution >= 4 is 17.8 Å². The highest BCUT2D eigenvalue weighted by molar-refractivity contribution is 5.99. The zero-order valence-corrected chi connectivity index (χ0v) is 18.7. The van der Waals surface area contributed by atoms with Crippen molar-refractivity contribution in [3.05, 3.63) is 70.8 Å². The highest BCUT2D eigenvalue weighted by atomic mass is 16.3. The molecule has 0 saturated carbocycles. The number of aliphatic hydroxyl groups excluding tert-OH is 1. The summed E-state index contributed by atoms with van der Waals surface area (Å²) in [6.45, 7) is 6.24. The van der Waals surface area contributed by atoms with Gasteiger partial charge in [-0.1, -0.05) is 50.2 Å². The Labute approximate surface area is 188 Å². The Morgan fingerprint density at radius 1 is 1.28 bits per heavy atom. The highest BCUT2D eigenvalue weighted by Crippen LogP contribution is 2.31. The van der Waals surface area contributed by atoms with Crippen molar-refractivity contribution in [2.45, 2.75) is 57.8 Å². The summed E-state index contributed by atoms with van der Waals surface area (Å²) in [5.41, 5.74) is 2.76. The van der Waals surface area contributed by atoms with Gasteiger partial charge in [-0.15, -0.1) is 0 Å². The molecule has 1 aliphatic carbocycles. The minimum absolute atomic E-state index is 0.0815. The predicted molar refractivity (Wildman–Crippen MR) is 122 cm³/mol. The average Bonchev–Trinajstić information content (AvgIpc) is 3.06. The van der Waals surface area contributed by atoms with Crippen molar-refractivity contribution < 1.29 is 14.7 Å². The van der Waals surface area contributed by atoms with Crippen molar-refractivity contribution in [1.29, 1.82) is 5.41 Å². The lowest BCUT2D eigenvalue weighted by molar-refractivity contribution is -0.131. The molecular weight excluding hydrogens is 404 g/mol. The maximum absolute atomic E-state index is 12.9. The molecule has 0 radical (unpaired) electrons. The summed E-state index contributed by atoms with van der Waals surface area (Å²) in [5, 5.41) is 24.9. The lowest BCUT2D eigenvalue weighted by Crippen LogP contribution is -2.62. The molecule has 0 aromatic heterocycles. The number of nitrogens with one attached hydrogen (secondary N) is 3. The van der Waals surface area contributed by atoms with Gasteiger partial charge in [-0.25, -0.2) is 0 Å². The summed E-state index contributed by atoms with van der Waals surface area (Å²) < 4.78 is 0. The summed E-state index contributed by atoms with van der Waals surface area (Å²) >= 11 is 0. The zero-order chi connectivity index (χ0) is 23.0. The van der Waals surface area contributed by atoms with E-state index in [0.717, 1.165) is 16.7 Å². The number of carbonyl (C=O) groups is 2. The maximum Gasteiger partial charge on any atom is 0.251 e. The van der Waals surface area contributed by atoms with Crippen LogP contribution in [0.1, 0.15) is 60.3 Å². The molecule has 7 nitrogen and oxygen atoms in total. The van der Waals surface area contributed by atoms with Crippen molar-refractivity contribution in [3.8, 4) is 0 Å². The Hall–Kier alpha value is -3.19. The van der Waals surface area contributed by atoms with E-state index in [1.807, 2.05) is 51.1 Å². The summed E-state index contributed by atoms with van der Waals surface area (Å²) in [4.78, 5) is 27.1. The topological polar surface area (TPSA) is 106 Å². The van der Waals surface area contributed by atoms with Gasteiger partial charge in [0, 0.05) is 17.5 Å². The fourth-order valence-corrected chi connectivity index (χ4v) is 4.40. The normalized spacial score (nSPS) is 25.0. The lowest BCUT2D eigenvalue weighted by atomic mass is 9.83. The van der Waals surface area contributed by atoms with Crippen LogP contribution in [0.3, 0.4) is 0 Å². The molecule has 2 aromatic carbocycles. The number of rotatable bonds is 5. The Bertz CT molecular complexity index is 1050. The van der Waals surface area contributed by atoms with E-state index in [1.54, 1.807) is 18.2 Å². The fraction of sp³-hybridized carbons (Fsp3) is 0.400. The van der Waals surface area contributed by atoms with E-state index in [1.165, 1.54) is 4.90 Å². The number of hydrogen-bond donors (Lipinski definition) is 4. The van der Waals surface area contributed by atoms with Crippen LogP contribution in [-0.2, 0) is 17.8 Å². The molecule has 0 unspecified atom stereocenters. The van der Waals surface area contributed by atoms with E-state index in [9.17, 15) is 14.7 Å². The predicted octanol–water partition coefficient (Wildman–Crippen LogP) is 2.75. The van der Waals surface area contributed by atoms with Crippen LogP contribution in [0.5, 0.6) is 0 Å². The molecule has 2 aliphatic rings. The van der Waals surface area contributed by atoms with E-state index in [2.05, 4.69) is 10.6 Å². The smallest absolute Gasteiger partial charge is 0.251 e. The molecule has 2 amide bonds. The molecular formula is C25H30N4O3. The third-order valence-corrected chi connectivity index (χ3v) is 6.79. The molecule has 1 fully saturated rings. The highest BCUT2D eigenvalue weighted by Gasteiger charge is 2.40. The van der Waals surface area contributed by atoms with Crippen LogP contribution < -0.4 is 10.6 Å². The van der Waals surface area contributed by atoms with Crippen LogP contribution in [0.25, 0.3) is 0 Å². The van der Waals surface area contributed by atoms with Crippen molar-refractivity contribution in [2.75, 3.05) is 0 Å². The van der Waals surface area contributed by atoms with Crippen LogP contribution >= 0.6 is 0 Å². The van der Waals surface area contributed by atoms with Gasteiger partial charge < -0.3 is 15.7 Å². The number of nitrogens with zero attached hydrogens (tertiary/aromatic N) is 1. The molecule has 168 valence electrons. The number of benzene rings is 2. The van der Waals surface area contributed by atoms with Gasteiger partial charge in [-0.05, 0) is 41.7 Å². The summed E-state index contributed by atoms with van der Waals surface area (Å²) in [6.07, 6.45) is 0.168. The van der Waals surface area contributed by atoms with Gasteiger partial charge in [0.15, 0.2) is 5.96 Å². The molecule has 4 N–H and O–H groups in total. The van der Waals surface area contributed by atoms with Gasteiger partial charge in [0.2, 0.25) is 5.91 Å². The molecule has 0 bridgehead atoms. The van der Waals surface area contributed by atoms with E-state index >= 15 is 0 Å². The molecule has 4 rings (SSSR count). The second-order valence-electron chi connectivity index (χ2n) is 9.32. The molecule has 7 heteroatoms. The number of fused-ring (bicyclic) bond motifs is 1. The Balaban J connectivity index is 1.47. The van der Waals surface area contributed by atoms with Gasteiger partial charge in [-0.2, -0.15) is 0 Å². The maximum atomic E-state index is 12.9. The Morgan fingerprint density at radius 3 is 2.75 bits per heavy atom. The molecule has 1 heterocycles. The summed E-state index contributed by atoms with van der Waals surface area (Å²) in [5.74, 6) is -0.0984. The molecule has 1 aliphatic heterocycles. The molecule has 32 heavy (non-hydrogen) atoms. The number of hydrogen-bond acceptors (Lipinski definition) is 4. The second kappa shape index (κ2) is 8.39. The Kier molecular flexibility index (Phi) is 5.77. The first-order chi connectivity index (χ1) is 15.2. The van der Waals surface area contributed by atoms with Crippen LogP contribution in [0.15, 0.2) is 48.5 Å². The molecule has 0 spiro atoms. The third-order valence-electron chi connectivity index (χ3n) is 6.79. The average molecular weight is 435 g/mol. The minimum atomic E-state index is -0.660. The SMILES string of the molecule is CC(C)[C@]1(C)CC(=O)N(Cc2cccc(C(=O)N[C@@H]3c4ccccc4C[C@H]3O)c2)C(=N)N1. The zero-order valence-electron chi connectivity index (χ0n) is 18.7. The fourth-order valence-electron chi connectivity index (χ4n) is 4.40. The van der Waals surface area contributed by atoms with Crippen LogP contribution in [0.2, 0.25) is 0 Å². The van der Waals surface area contributed by atoms with E-state index in [4.69, 9.17) is 5.41 Å². The van der Waals surface area contributed by atoms with Crippen LogP contribution in [-0.4, -0.2) is 39.4 Å². The first-order valence-corrected chi connectivity index (χ1v) is 11.0. The second-order valence-corrected chi connectivity index (χ2v) is 9.32. The van der Waals surface area contributed by atoms with Gasteiger partial charge in [0.25, 0.3) is 5.91 Å². The van der Waals surface area contributed by atoms with Crippen molar-refractivity contribution in [2.24, 2.45) is 5.92 Å². The van der Waals surface area contributed by atoms with E-state index in [0.29, 0.717) is 18.4 Å². The summed E-state index contributed by atoms with van der Waals surface area (Å²) in [6, 6.07) is 14.3. The first kappa shape index (κ1) is 22.0. The minimum Gasteiger partial charge on any atom is -0.390 e. The Morgan fingerprint density at radius 2 is 2.03 bits per heavy atom. The quantitative estimate of drug-likeness (QED) is 0.581. The monoisotopic (exact) mass is 434 g/mol. The largest absolute Gasteiger partial charge is 0.390 e. The van der Waals surface area contributed by atoms with E-state index in [-0.39, 0.29) is 30.2 Å². The van der Waals surface area contributed by atoms with Gasteiger partial charge in [0.1, 0.15) is 0 Å². The van der Waals surface area contributed by atoms with Gasteiger partial charge in [0.05, 0.1) is 25.1 Å². The number of guanidine groups is 1. The van der Waals surface area contributed by atoms with Crippen molar-refractivity contribution in [3.63, 3.8) is 0 Å². The summed E-state index contributed by atoms with van der Waals surface area (Å²) in [7, 11) is 0. The number of amides is 2. The number of aliphatic hydroxyl groups is 1. The van der Waals surface area contributed by atoms with Gasteiger partial charge >= 0.3 is 0 Å². The number of carbonyl (C=O) groups excluding carboxylic acids is 2. The third kappa shape index (κ3) is 4.12. The molecule has 2 aromatic rings. The van der Waals surface area contributed by atoms with E-state index < -0.39 is 17.7 Å². The van der Waals surface area contributed by atoms with Gasteiger partial charge in [-0.3, -0.25) is 19.9 Å². The molecule has 1 saturated heterocycles. The standard InChI is InChI=1S/C25H30N4O3/c1-15(2)25(3)13-21(31)29(24(26)28-25)14-16-7-6-9-18(11-16)23(32)27-22-19-10-5-4-8-17(19)12-20(22)30/h4-11,15,20,22,30H,12-14H2,1-3H3,(H2,26,28)(H,27,32)/t20-,22-,25+/m1/s1. The van der Waals surface area contributed by atoms with Crippen molar-refractivity contribution in [1.82, 2.24) is 15.5 Å². The van der Waals surface area contributed by atoms with Crippen LogP contribution in [0, 0.1) is 11.3 Å². The van der Waals surface area contributed by atoms with Crippen LogP contribution in [0.4, 0.5) is 0 Å². The lowest BCUT2D eigenvalue weighted by Gasteiger charge is -2.43. The first-order valence-electron chi connectivity index (χ1n) is 11.0. The molecule has 3 atom stereocenters.